The molecule has 0 unspecified atom stereocenters. The van der Waals surface area contributed by atoms with Gasteiger partial charge in [-0.15, -0.1) is 0 Å². The van der Waals surface area contributed by atoms with E-state index in [9.17, 15) is 4.79 Å². The highest BCUT2D eigenvalue weighted by Gasteiger charge is 2.10. The Hall–Kier alpha value is -2.51. The zero-order valence-corrected chi connectivity index (χ0v) is 11.1. The first-order chi connectivity index (χ1) is 9.60. The Bertz CT molecular complexity index is 675. The quantitative estimate of drug-likeness (QED) is 0.934. The minimum Gasteiger partial charge on any atom is -0.489 e. The molecule has 0 heterocycles. The van der Waals surface area contributed by atoms with Gasteiger partial charge < -0.3 is 9.84 Å². The van der Waals surface area contributed by atoms with Crippen LogP contribution in [0.15, 0.2) is 42.5 Å². The van der Waals surface area contributed by atoms with Crippen molar-refractivity contribution in [3.05, 3.63) is 64.2 Å². The van der Waals surface area contributed by atoms with Crippen LogP contribution in [-0.4, -0.2) is 11.1 Å². The molecule has 5 heteroatoms. The van der Waals surface area contributed by atoms with E-state index in [1.54, 1.807) is 30.3 Å². The van der Waals surface area contributed by atoms with Gasteiger partial charge in [-0.3, -0.25) is 0 Å². The number of ether oxygens (including phenoxy) is 1. The normalized spacial score (nSPS) is 9.80. The Morgan fingerprint density at radius 2 is 1.95 bits per heavy atom. The maximum absolute atomic E-state index is 10.9. The number of benzene rings is 2. The number of hydrogen-bond donors (Lipinski definition) is 1. The van der Waals surface area contributed by atoms with E-state index in [1.807, 2.05) is 6.07 Å². The highest BCUT2D eigenvalue weighted by molar-refractivity contribution is 6.33. The number of nitrogens with zero attached hydrogens (tertiary/aromatic N) is 1. The summed E-state index contributed by atoms with van der Waals surface area (Å²) in [6, 6.07) is 13.5. The number of carboxylic acid groups (broad SMARTS) is 1. The average Bonchev–Trinajstić information content (AvgIpc) is 2.46. The Morgan fingerprint density at radius 1 is 1.25 bits per heavy atom. The van der Waals surface area contributed by atoms with E-state index in [2.05, 4.69) is 0 Å². The van der Waals surface area contributed by atoms with Crippen LogP contribution >= 0.6 is 11.6 Å². The second-order valence-corrected chi connectivity index (χ2v) is 4.45. The monoisotopic (exact) mass is 287 g/mol. The molecule has 2 aromatic carbocycles. The van der Waals surface area contributed by atoms with Gasteiger partial charge in [-0.25, -0.2) is 4.79 Å². The highest BCUT2D eigenvalue weighted by Crippen LogP contribution is 2.22. The first-order valence-electron chi connectivity index (χ1n) is 5.75. The maximum atomic E-state index is 10.9. The lowest BCUT2D eigenvalue weighted by molar-refractivity contribution is 0.0696. The summed E-state index contributed by atoms with van der Waals surface area (Å²) in [6.45, 7) is 0.284. The number of carboxylic acids is 1. The molecular formula is C15H10ClNO3. The maximum Gasteiger partial charge on any atom is 0.337 e. The molecule has 0 radical (unpaired) electrons. The van der Waals surface area contributed by atoms with Crippen molar-refractivity contribution in [2.24, 2.45) is 0 Å². The molecule has 4 nitrogen and oxygen atoms in total. The van der Waals surface area contributed by atoms with Crippen LogP contribution < -0.4 is 4.74 Å². The molecule has 0 amide bonds. The molecule has 0 aliphatic heterocycles. The fourth-order valence-electron chi connectivity index (χ4n) is 1.60. The minimum atomic E-state index is -1.10. The largest absolute Gasteiger partial charge is 0.489 e. The molecule has 0 aliphatic rings. The summed E-state index contributed by atoms with van der Waals surface area (Å²) in [5, 5.41) is 17.8. The number of nitriles is 1. The van der Waals surface area contributed by atoms with Gasteiger partial charge >= 0.3 is 5.97 Å². The molecule has 0 bridgehead atoms. The Kier molecular flexibility index (Phi) is 4.24. The Labute approximate surface area is 120 Å². The van der Waals surface area contributed by atoms with E-state index in [0.29, 0.717) is 11.3 Å². The van der Waals surface area contributed by atoms with Crippen molar-refractivity contribution < 1.29 is 14.6 Å². The summed E-state index contributed by atoms with van der Waals surface area (Å²) >= 11 is 5.77. The number of rotatable bonds is 4. The van der Waals surface area contributed by atoms with Gasteiger partial charge in [0.15, 0.2) is 0 Å². The molecule has 20 heavy (non-hydrogen) atoms. The molecule has 0 spiro atoms. The molecule has 0 aliphatic carbocycles. The Balaban J connectivity index is 2.09. The van der Waals surface area contributed by atoms with E-state index in [-0.39, 0.29) is 17.2 Å². The molecule has 2 rings (SSSR count). The summed E-state index contributed by atoms with van der Waals surface area (Å²) in [7, 11) is 0. The summed E-state index contributed by atoms with van der Waals surface area (Å²) < 4.78 is 5.51. The topological polar surface area (TPSA) is 70.3 Å². The SMILES string of the molecule is N#Cc1ccc(COc2ccc(Cl)c(C(=O)O)c2)cc1. The zero-order chi connectivity index (χ0) is 14.5. The second kappa shape index (κ2) is 6.09. The van der Waals surface area contributed by atoms with Crippen LogP contribution in [0.5, 0.6) is 5.75 Å². The summed E-state index contributed by atoms with van der Waals surface area (Å²) in [5.74, 6) is -0.671. The Morgan fingerprint density at radius 3 is 2.55 bits per heavy atom. The standard InChI is InChI=1S/C15H10ClNO3/c16-14-6-5-12(7-13(14)15(18)19)20-9-11-3-1-10(8-17)2-4-11/h1-7H,9H2,(H,18,19). The van der Waals surface area contributed by atoms with Crippen molar-refractivity contribution in [3.63, 3.8) is 0 Å². The van der Waals surface area contributed by atoms with Gasteiger partial charge in [0.2, 0.25) is 0 Å². The predicted octanol–water partition coefficient (Wildman–Crippen LogP) is 3.49. The smallest absolute Gasteiger partial charge is 0.337 e. The van der Waals surface area contributed by atoms with Crippen molar-refractivity contribution in [1.82, 2.24) is 0 Å². The highest BCUT2D eigenvalue weighted by atomic mass is 35.5. The van der Waals surface area contributed by atoms with Crippen LogP contribution in [0.1, 0.15) is 21.5 Å². The van der Waals surface area contributed by atoms with Crippen molar-refractivity contribution in [2.45, 2.75) is 6.61 Å². The molecular weight excluding hydrogens is 278 g/mol. The van der Waals surface area contributed by atoms with Crippen LogP contribution in [-0.2, 0) is 6.61 Å². The fourth-order valence-corrected chi connectivity index (χ4v) is 1.80. The number of aromatic carboxylic acids is 1. The molecule has 0 fully saturated rings. The second-order valence-electron chi connectivity index (χ2n) is 4.04. The predicted molar refractivity (Wildman–Crippen MR) is 73.9 cm³/mol. The summed E-state index contributed by atoms with van der Waals surface area (Å²) in [5.41, 5.74) is 1.47. The molecule has 0 saturated heterocycles. The van der Waals surface area contributed by atoms with Gasteiger partial charge in [0, 0.05) is 0 Å². The number of halogens is 1. The molecule has 1 N–H and O–H groups in total. The van der Waals surface area contributed by atoms with Crippen LogP contribution in [0.25, 0.3) is 0 Å². The van der Waals surface area contributed by atoms with Gasteiger partial charge in [-0.05, 0) is 35.9 Å². The van der Waals surface area contributed by atoms with Crippen LogP contribution in [0.3, 0.4) is 0 Å². The van der Waals surface area contributed by atoms with Gasteiger partial charge in [-0.1, -0.05) is 23.7 Å². The van der Waals surface area contributed by atoms with Crippen LogP contribution in [0.4, 0.5) is 0 Å². The zero-order valence-electron chi connectivity index (χ0n) is 10.3. The first-order valence-corrected chi connectivity index (χ1v) is 6.12. The molecule has 0 aromatic heterocycles. The van der Waals surface area contributed by atoms with E-state index < -0.39 is 5.97 Å². The van der Waals surface area contributed by atoms with Crippen molar-refractivity contribution in [3.8, 4) is 11.8 Å². The third-order valence-electron chi connectivity index (χ3n) is 2.66. The lowest BCUT2D eigenvalue weighted by Gasteiger charge is -2.08. The fraction of sp³-hybridized carbons (Fsp3) is 0.0667. The molecule has 100 valence electrons. The molecule has 0 atom stereocenters. The summed E-state index contributed by atoms with van der Waals surface area (Å²) in [4.78, 5) is 10.9. The van der Waals surface area contributed by atoms with Crippen LogP contribution in [0, 0.1) is 11.3 Å². The lowest BCUT2D eigenvalue weighted by Crippen LogP contribution is -2.00. The van der Waals surface area contributed by atoms with E-state index in [4.69, 9.17) is 26.7 Å². The van der Waals surface area contributed by atoms with Gasteiger partial charge in [0.1, 0.15) is 12.4 Å². The average molecular weight is 288 g/mol. The summed E-state index contributed by atoms with van der Waals surface area (Å²) in [6.07, 6.45) is 0. The number of carbonyl (C=O) groups is 1. The van der Waals surface area contributed by atoms with Crippen molar-refractivity contribution >= 4 is 17.6 Å². The molecule has 2 aromatic rings. The van der Waals surface area contributed by atoms with Crippen molar-refractivity contribution in [2.75, 3.05) is 0 Å². The first kappa shape index (κ1) is 13.9. The van der Waals surface area contributed by atoms with E-state index in [0.717, 1.165) is 5.56 Å². The third-order valence-corrected chi connectivity index (χ3v) is 2.99. The van der Waals surface area contributed by atoms with Gasteiger partial charge in [0.05, 0.1) is 22.2 Å². The van der Waals surface area contributed by atoms with Crippen LogP contribution in [0.2, 0.25) is 5.02 Å². The molecule has 0 saturated carbocycles. The third kappa shape index (κ3) is 3.28. The lowest BCUT2D eigenvalue weighted by atomic mass is 10.1. The van der Waals surface area contributed by atoms with Crippen molar-refractivity contribution in [1.29, 1.82) is 5.26 Å². The number of hydrogen-bond acceptors (Lipinski definition) is 3. The minimum absolute atomic E-state index is 0.00370. The van der Waals surface area contributed by atoms with E-state index >= 15 is 0 Å². The van der Waals surface area contributed by atoms with Gasteiger partial charge in [-0.2, -0.15) is 5.26 Å². The van der Waals surface area contributed by atoms with Gasteiger partial charge in [0.25, 0.3) is 0 Å². The van der Waals surface area contributed by atoms with E-state index in [1.165, 1.54) is 12.1 Å².